The number of nitrogens with zero attached hydrogens (tertiary/aromatic N) is 3. The van der Waals surface area contributed by atoms with E-state index in [-0.39, 0.29) is 17.0 Å². The molecule has 0 spiro atoms. The van der Waals surface area contributed by atoms with Gasteiger partial charge >= 0.3 is 6.09 Å². The molecule has 122 valence electrons. The molecule has 22 heavy (non-hydrogen) atoms. The number of hydrogen-bond donors (Lipinski definition) is 0. The van der Waals surface area contributed by atoms with Crippen LogP contribution in [0.2, 0.25) is 0 Å². The average molecular weight is 329 g/mol. The second-order valence-electron chi connectivity index (χ2n) is 6.17. The fraction of sp³-hybridized carbons (Fsp3) is 0.643. The second kappa shape index (κ2) is 6.68. The molecule has 0 N–H and O–H groups in total. The van der Waals surface area contributed by atoms with Crippen molar-refractivity contribution < 1.29 is 18.1 Å². The highest BCUT2D eigenvalue weighted by Crippen LogP contribution is 2.22. The Hall–Kier alpha value is -1.57. The number of halogens is 1. The van der Waals surface area contributed by atoms with Crippen LogP contribution < -0.4 is 0 Å². The number of amides is 1. The fourth-order valence-corrected chi connectivity index (χ4v) is 3.42. The molecule has 2 rings (SSSR count). The molecule has 1 fully saturated rings. The van der Waals surface area contributed by atoms with Crippen LogP contribution in [-0.2, 0) is 15.5 Å². The highest BCUT2D eigenvalue weighted by molar-refractivity contribution is 7.84. The van der Waals surface area contributed by atoms with E-state index in [1.807, 2.05) is 0 Å². The molecule has 1 aliphatic heterocycles. The van der Waals surface area contributed by atoms with Gasteiger partial charge in [0.2, 0.25) is 5.16 Å². The molecule has 1 aromatic rings. The molecule has 6 nitrogen and oxygen atoms in total. The summed E-state index contributed by atoms with van der Waals surface area (Å²) in [5.74, 6) is -0.345. The van der Waals surface area contributed by atoms with E-state index in [0.717, 1.165) is 25.2 Å². The largest absolute Gasteiger partial charge is 0.444 e. The van der Waals surface area contributed by atoms with Gasteiger partial charge < -0.3 is 9.64 Å². The summed E-state index contributed by atoms with van der Waals surface area (Å²) in [6.45, 7) is 6.00. The van der Waals surface area contributed by atoms with Gasteiger partial charge in [-0.25, -0.2) is 19.2 Å². The maximum absolute atomic E-state index is 12.8. The van der Waals surface area contributed by atoms with Crippen LogP contribution in [0.5, 0.6) is 0 Å². The van der Waals surface area contributed by atoms with Gasteiger partial charge in [0.15, 0.2) is 5.82 Å². The van der Waals surface area contributed by atoms with Crippen LogP contribution >= 0.6 is 0 Å². The summed E-state index contributed by atoms with van der Waals surface area (Å²) in [5, 5.41) is 0.0810. The van der Waals surface area contributed by atoms with E-state index < -0.39 is 28.3 Å². The van der Waals surface area contributed by atoms with Crippen LogP contribution in [-0.4, -0.2) is 49.1 Å². The number of likely N-dealkylation sites (tertiary alicyclic amines) is 1. The Morgan fingerprint density at radius 2 is 2.09 bits per heavy atom. The first-order valence-electron chi connectivity index (χ1n) is 7.12. The molecule has 0 unspecified atom stereocenters. The minimum atomic E-state index is -1.48. The van der Waals surface area contributed by atoms with E-state index in [0.29, 0.717) is 6.54 Å². The van der Waals surface area contributed by atoms with Gasteiger partial charge in [-0.05, 0) is 33.6 Å². The lowest BCUT2D eigenvalue weighted by Crippen LogP contribution is -2.42. The molecule has 1 aliphatic rings. The van der Waals surface area contributed by atoms with E-state index in [1.54, 1.807) is 25.7 Å². The van der Waals surface area contributed by atoms with Crippen molar-refractivity contribution in [2.24, 2.45) is 0 Å². The summed E-state index contributed by atoms with van der Waals surface area (Å²) in [5.41, 5.74) is -0.566. The van der Waals surface area contributed by atoms with E-state index in [2.05, 4.69) is 9.97 Å². The number of carbonyl (C=O) groups is 1. The molecule has 1 amide bonds. The van der Waals surface area contributed by atoms with E-state index in [4.69, 9.17) is 4.74 Å². The second-order valence-corrected chi connectivity index (χ2v) is 7.56. The maximum atomic E-state index is 12.8. The molecule has 1 aromatic heterocycles. The van der Waals surface area contributed by atoms with E-state index in [1.165, 1.54) is 0 Å². The topological polar surface area (TPSA) is 72.4 Å². The predicted octanol–water partition coefficient (Wildman–Crippen LogP) is 2.12. The number of hydrogen-bond acceptors (Lipinski definition) is 5. The molecule has 1 saturated heterocycles. The highest BCUT2D eigenvalue weighted by atomic mass is 32.2. The van der Waals surface area contributed by atoms with Crippen LogP contribution in [0.1, 0.15) is 33.6 Å². The lowest BCUT2D eigenvalue weighted by Gasteiger charge is -2.28. The van der Waals surface area contributed by atoms with Crippen LogP contribution in [0.15, 0.2) is 17.6 Å². The predicted molar refractivity (Wildman–Crippen MR) is 79.2 cm³/mol. The number of aromatic nitrogens is 2. The summed E-state index contributed by atoms with van der Waals surface area (Å²) in [6, 6.07) is -0.177. The van der Waals surface area contributed by atoms with Crippen molar-refractivity contribution in [1.29, 1.82) is 0 Å². The minimum Gasteiger partial charge on any atom is -0.444 e. The maximum Gasteiger partial charge on any atom is 0.410 e. The van der Waals surface area contributed by atoms with Gasteiger partial charge in [0.05, 0.1) is 28.9 Å². The van der Waals surface area contributed by atoms with Gasteiger partial charge in [0.25, 0.3) is 0 Å². The molecule has 0 saturated carbocycles. The SMILES string of the molecule is CC(C)(C)OC(=O)N1CCC[C@H]1C[S@](=O)c1ncc(F)cn1. The number of carbonyl (C=O) groups excluding carboxylic acids is 1. The zero-order chi connectivity index (χ0) is 16.3. The summed E-state index contributed by atoms with van der Waals surface area (Å²) >= 11 is 0. The van der Waals surface area contributed by atoms with Gasteiger partial charge in [-0.2, -0.15) is 0 Å². The lowest BCUT2D eigenvalue weighted by atomic mass is 10.2. The summed E-state index contributed by atoms with van der Waals surface area (Å²) in [6.07, 6.45) is 3.17. The van der Waals surface area contributed by atoms with Crippen molar-refractivity contribution in [3.63, 3.8) is 0 Å². The zero-order valence-corrected chi connectivity index (χ0v) is 13.7. The van der Waals surface area contributed by atoms with Gasteiger partial charge in [-0.15, -0.1) is 0 Å². The third-order valence-corrected chi connectivity index (χ3v) is 4.45. The minimum absolute atomic E-state index is 0.0810. The Bertz CT molecular complexity index is 559. The molecular weight excluding hydrogens is 309 g/mol. The molecule has 8 heteroatoms. The van der Waals surface area contributed by atoms with Crippen molar-refractivity contribution in [3.8, 4) is 0 Å². The van der Waals surface area contributed by atoms with Crippen molar-refractivity contribution in [2.75, 3.05) is 12.3 Å². The van der Waals surface area contributed by atoms with Gasteiger partial charge in [-0.1, -0.05) is 0 Å². The Labute approximate surface area is 131 Å². The Morgan fingerprint density at radius 3 is 2.68 bits per heavy atom. The van der Waals surface area contributed by atoms with Gasteiger partial charge in [0, 0.05) is 12.6 Å². The van der Waals surface area contributed by atoms with E-state index in [9.17, 15) is 13.4 Å². The highest BCUT2D eigenvalue weighted by Gasteiger charge is 2.33. The fourth-order valence-electron chi connectivity index (χ4n) is 2.24. The third-order valence-electron chi connectivity index (χ3n) is 3.15. The van der Waals surface area contributed by atoms with Crippen LogP contribution in [0.4, 0.5) is 9.18 Å². The molecule has 0 radical (unpaired) electrons. The van der Waals surface area contributed by atoms with Crippen LogP contribution in [0.3, 0.4) is 0 Å². The monoisotopic (exact) mass is 329 g/mol. The van der Waals surface area contributed by atoms with Crippen LogP contribution in [0.25, 0.3) is 0 Å². The third kappa shape index (κ3) is 4.46. The summed E-state index contributed by atoms with van der Waals surface area (Å²) < 4.78 is 30.4. The molecule has 2 atom stereocenters. The van der Waals surface area contributed by atoms with Gasteiger partial charge in [-0.3, -0.25) is 4.21 Å². The number of ether oxygens (including phenoxy) is 1. The van der Waals surface area contributed by atoms with E-state index >= 15 is 0 Å². The summed E-state index contributed by atoms with van der Waals surface area (Å²) in [4.78, 5) is 21.2. The smallest absolute Gasteiger partial charge is 0.410 e. The number of rotatable bonds is 3. The molecule has 0 aliphatic carbocycles. The Kier molecular flexibility index (Phi) is 5.10. The standard InChI is InChI=1S/C14H20FN3O3S/c1-14(2,3)21-13(19)18-6-4-5-11(18)9-22(20)12-16-7-10(15)8-17-12/h7-8,11H,4-6,9H2,1-3H3/t11-,22-/m0/s1. The quantitative estimate of drug-likeness (QED) is 0.794. The lowest BCUT2D eigenvalue weighted by molar-refractivity contribution is 0.0241. The molecular formula is C14H20FN3O3S. The summed E-state index contributed by atoms with van der Waals surface area (Å²) in [7, 11) is -1.48. The first-order chi connectivity index (χ1) is 10.3. The molecule has 0 bridgehead atoms. The van der Waals surface area contributed by atoms with Crippen molar-refractivity contribution in [1.82, 2.24) is 14.9 Å². The van der Waals surface area contributed by atoms with Crippen molar-refractivity contribution >= 4 is 16.9 Å². The first-order valence-corrected chi connectivity index (χ1v) is 8.44. The Morgan fingerprint density at radius 1 is 1.45 bits per heavy atom. The molecule has 0 aromatic carbocycles. The zero-order valence-electron chi connectivity index (χ0n) is 12.9. The van der Waals surface area contributed by atoms with Gasteiger partial charge in [0.1, 0.15) is 5.60 Å². The van der Waals surface area contributed by atoms with Crippen molar-refractivity contribution in [2.45, 2.75) is 50.4 Å². The first kappa shape index (κ1) is 16.8. The Balaban J connectivity index is 2.00. The van der Waals surface area contributed by atoms with Crippen LogP contribution in [0, 0.1) is 5.82 Å². The average Bonchev–Trinajstić information content (AvgIpc) is 2.85. The normalized spacial score (nSPS) is 20.0. The van der Waals surface area contributed by atoms with Crippen molar-refractivity contribution in [3.05, 3.63) is 18.2 Å². The molecule has 2 heterocycles.